The SMILES string of the molecule is Cc1nn(-c2cc(Nc3c(C)c(-c4ccc(F)cc4)nn3CC3CC3)ncn2)c(C)c1C(O)C1CC1. The Morgan fingerprint density at radius 1 is 1.06 bits per heavy atom. The lowest BCUT2D eigenvalue weighted by Crippen LogP contribution is -2.09. The zero-order valence-electron chi connectivity index (χ0n) is 20.7. The largest absolute Gasteiger partial charge is 0.388 e. The standard InChI is InChI=1S/C27H30FN7O/c1-15-25(19-8-10-21(28)11-9-19)33-34(13-18-4-5-18)27(15)31-22-12-23(30-14-29-22)35-17(3)24(16(2)32-35)26(36)20-6-7-20/h8-12,14,18,20,26,36H,4-7,13H2,1-3H3,(H,29,30,31). The van der Waals surface area contributed by atoms with Gasteiger partial charge in [-0.1, -0.05) is 0 Å². The van der Waals surface area contributed by atoms with Crippen LogP contribution in [-0.4, -0.2) is 34.6 Å². The van der Waals surface area contributed by atoms with Crippen molar-refractivity contribution in [3.63, 3.8) is 0 Å². The Labute approximate surface area is 209 Å². The highest BCUT2D eigenvalue weighted by Crippen LogP contribution is 2.43. The molecule has 36 heavy (non-hydrogen) atoms. The van der Waals surface area contributed by atoms with Gasteiger partial charge in [-0.15, -0.1) is 0 Å². The number of rotatable bonds is 8. The number of nitrogens with zero attached hydrogens (tertiary/aromatic N) is 6. The fraction of sp³-hybridized carbons (Fsp3) is 0.407. The fourth-order valence-electron chi connectivity index (χ4n) is 4.87. The van der Waals surface area contributed by atoms with Crippen LogP contribution in [0.4, 0.5) is 16.0 Å². The van der Waals surface area contributed by atoms with Gasteiger partial charge in [0.25, 0.3) is 0 Å². The first kappa shape index (κ1) is 22.8. The zero-order valence-corrected chi connectivity index (χ0v) is 20.7. The van der Waals surface area contributed by atoms with Gasteiger partial charge in [0.15, 0.2) is 5.82 Å². The second-order valence-electron chi connectivity index (χ2n) is 10.1. The minimum absolute atomic E-state index is 0.266. The summed E-state index contributed by atoms with van der Waals surface area (Å²) in [6, 6.07) is 8.30. The molecule has 9 heteroatoms. The molecule has 2 aliphatic carbocycles. The van der Waals surface area contributed by atoms with Gasteiger partial charge in [0, 0.05) is 35.0 Å². The average Bonchev–Trinajstić information content (AvgIpc) is 3.79. The van der Waals surface area contributed by atoms with Gasteiger partial charge in [-0.05, 0) is 82.6 Å². The van der Waals surface area contributed by atoms with Crippen molar-refractivity contribution in [3.8, 4) is 17.1 Å². The first-order chi connectivity index (χ1) is 17.4. The predicted octanol–water partition coefficient (Wildman–Crippen LogP) is 5.19. The monoisotopic (exact) mass is 487 g/mol. The van der Waals surface area contributed by atoms with E-state index in [1.807, 2.05) is 31.5 Å². The smallest absolute Gasteiger partial charge is 0.159 e. The molecule has 2 fully saturated rings. The van der Waals surface area contributed by atoms with E-state index < -0.39 is 6.10 Å². The lowest BCUT2D eigenvalue weighted by Gasteiger charge is -2.12. The molecular formula is C27H30FN7O. The van der Waals surface area contributed by atoms with Crippen LogP contribution in [0.2, 0.25) is 0 Å². The van der Waals surface area contributed by atoms with Crippen molar-refractivity contribution in [2.24, 2.45) is 11.8 Å². The van der Waals surface area contributed by atoms with E-state index in [-0.39, 0.29) is 5.82 Å². The van der Waals surface area contributed by atoms with E-state index in [9.17, 15) is 9.50 Å². The molecule has 186 valence electrons. The summed E-state index contributed by atoms with van der Waals surface area (Å²) in [6.07, 6.45) is 5.55. The molecule has 1 unspecified atom stereocenters. The minimum Gasteiger partial charge on any atom is -0.388 e. The summed E-state index contributed by atoms with van der Waals surface area (Å²) in [4.78, 5) is 8.92. The molecule has 0 saturated heterocycles. The molecule has 6 rings (SSSR count). The second-order valence-corrected chi connectivity index (χ2v) is 10.1. The first-order valence-corrected chi connectivity index (χ1v) is 12.6. The van der Waals surface area contributed by atoms with E-state index in [1.54, 1.807) is 16.8 Å². The molecule has 3 heterocycles. The number of halogens is 1. The lowest BCUT2D eigenvalue weighted by molar-refractivity contribution is 0.152. The molecule has 2 saturated carbocycles. The van der Waals surface area contributed by atoms with E-state index in [2.05, 4.69) is 20.4 Å². The maximum Gasteiger partial charge on any atom is 0.159 e. The number of aromatic nitrogens is 6. The summed E-state index contributed by atoms with van der Waals surface area (Å²) in [6.45, 7) is 6.75. The van der Waals surface area contributed by atoms with Crippen LogP contribution in [0.5, 0.6) is 0 Å². The molecule has 1 atom stereocenters. The Kier molecular flexibility index (Phi) is 5.59. The number of hydrogen-bond acceptors (Lipinski definition) is 6. The van der Waals surface area contributed by atoms with Gasteiger partial charge in [-0.2, -0.15) is 10.2 Å². The van der Waals surface area contributed by atoms with Crippen LogP contribution in [-0.2, 0) is 6.54 Å². The molecule has 0 amide bonds. The number of aliphatic hydroxyl groups is 1. The Hall–Kier alpha value is -3.59. The molecule has 8 nitrogen and oxygen atoms in total. The summed E-state index contributed by atoms with van der Waals surface area (Å²) in [5.74, 6) is 2.81. The van der Waals surface area contributed by atoms with Crippen molar-refractivity contribution in [1.82, 2.24) is 29.5 Å². The molecular weight excluding hydrogens is 457 g/mol. The van der Waals surface area contributed by atoms with Crippen molar-refractivity contribution in [1.29, 1.82) is 0 Å². The topological polar surface area (TPSA) is 93.7 Å². The van der Waals surface area contributed by atoms with E-state index >= 15 is 0 Å². The molecule has 0 bridgehead atoms. The highest BCUT2D eigenvalue weighted by Gasteiger charge is 2.34. The van der Waals surface area contributed by atoms with Crippen molar-refractivity contribution in [2.45, 2.75) is 59.1 Å². The Morgan fingerprint density at radius 2 is 1.81 bits per heavy atom. The number of aliphatic hydroxyl groups excluding tert-OH is 1. The van der Waals surface area contributed by atoms with Gasteiger partial charge in [0.2, 0.25) is 0 Å². The Morgan fingerprint density at radius 3 is 2.50 bits per heavy atom. The summed E-state index contributed by atoms with van der Waals surface area (Å²) in [5, 5.41) is 23.8. The molecule has 2 N–H and O–H groups in total. The molecule has 2 aliphatic rings. The Bertz CT molecular complexity index is 1420. The molecule has 3 aromatic heterocycles. The summed E-state index contributed by atoms with van der Waals surface area (Å²) in [7, 11) is 0. The van der Waals surface area contributed by atoms with Crippen LogP contribution in [0.3, 0.4) is 0 Å². The number of anilines is 2. The number of aryl methyl sites for hydroxylation is 1. The third-order valence-corrected chi connectivity index (χ3v) is 7.26. The van der Waals surface area contributed by atoms with E-state index in [0.29, 0.717) is 23.5 Å². The second kappa shape index (κ2) is 8.81. The molecule has 0 radical (unpaired) electrons. The van der Waals surface area contributed by atoms with Gasteiger partial charge in [0.05, 0.1) is 17.5 Å². The van der Waals surface area contributed by atoms with Crippen LogP contribution < -0.4 is 5.32 Å². The number of benzene rings is 1. The van der Waals surface area contributed by atoms with Crippen LogP contribution >= 0.6 is 0 Å². The minimum atomic E-state index is -0.484. The molecule has 1 aromatic carbocycles. The number of hydrogen-bond donors (Lipinski definition) is 2. The zero-order chi connectivity index (χ0) is 25.0. The van der Waals surface area contributed by atoms with Gasteiger partial charge < -0.3 is 10.4 Å². The Balaban J connectivity index is 1.34. The molecule has 4 aromatic rings. The van der Waals surface area contributed by atoms with Gasteiger partial charge in [-0.25, -0.2) is 23.7 Å². The third kappa shape index (κ3) is 4.28. The van der Waals surface area contributed by atoms with Crippen molar-refractivity contribution in [2.75, 3.05) is 5.32 Å². The number of nitrogens with one attached hydrogen (secondary N) is 1. The van der Waals surface area contributed by atoms with Gasteiger partial charge >= 0.3 is 0 Å². The van der Waals surface area contributed by atoms with Crippen LogP contribution in [0.25, 0.3) is 17.1 Å². The van der Waals surface area contributed by atoms with Crippen molar-refractivity contribution in [3.05, 3.63) is 65.0 Å². The maximum absolute atomic E-state index is 13.5. The van der Waals surface area contributed by atoms with E-state index in [1.165, 1.54) is 31.3 Å². The molecule has 0 spiro atoms. The van der Waals surface area contributed by atoms with Crippen LogP contribution in [0.15, 0.2) is 36.7 Å². The third-order valence-electron chi connectivity index (χ3n) is 7.26. The van der Waals surface area contributed by atoms with Crippen molar-refractivity contribution >= 4 is 11.6 Å². The van der Waals surface area contributed by atoms with E-state index in [0.717, 1.165) is 59.0 Å². The normalized spacial score (nSPS) is 16.4. The lowest BCUT2D eigenvalue weighted by atomic mass is 10.0. The van der Waals surface area contributed by atoms with Crippen molar-refractivity contribution < 1.29 is 9.50 Å². The van der Waals surface area contributed by atoms with E-state index in [4.69, 9.17) is 5.10 Å². The molecule has 0 aliphatic heterocycles. The summed E-state index contributed by atoms with van der Waals surface area (Å²) in [5.41, 5.74) is 5.28. The average molecular weight is 488 g/mol. The fourth-order valence-corrected chi connectivity index (χ4v) is 4.87. The highest BCUT2D eigenvalue weighted by atomic mass is 19.1. The summed E-state index contributed by atoms with van der Waals surface area (Å²) < 4.78 is 17.3. The van der Waals surface area contributed by atoms with Gasteiger partial charge in [-0.3, -0.25) is 0 Å². The quantitative estimate of drug-likeness (QED) is 0.355. The van der Waals surface area contributed by atoms with Crippen LogP contribution in [0, 0.1) is 38.4 Å². The predicted molar refractivity (Wildman–Crippen MR) is 135 cm³/mol. The summed E-state index contributed by atoms with van der Waals surface area (Å²) >= 11 is 0. The first-order valence-electron chi connectivity index (χ1n) is 12.6. The maximum atomic E-state index is 13.5. The van der Waals surface area contributed by atoms with Crippen LogP contribution in [0.1, 0.15) is 54.3 Å². The van der Waals surface area contributed by atoms with Gasteiger partial charge in [0.1, 0.15) is 23.8 Å². The highest BCUT2D eigenvalue weighted by molar-refractivity contribution is 5.71.